The van der Waals surface area contributed by atoms with Crippen LogP contribution in [0.4, 0.5) is 0 Å². The lowest BCUT2D eigenvalue weighted by molar-refractivity contribution is -0.117. The van der Waals surface area contributed by atoms with Crippen LogP contribution in [0.5, 0.6) is 0 Å². The maximum absolute atomic E-state index is 11.9. The third-order valence-electron chi connectivity index (χ3n) is 8.06. The molecule has 3 saturated carbocycles. The summed E-state index contributed by atoms with van der Waals surface area (Å²) in [5, 5.41) is 0. The highest BCUT2D eigenvalue weighted by atomic mass is 16.1. The second-order valence-electron chi connectivity index (χ2n) is 9.08. The van der Waals surface area contributed by atoms with Gasteiger partial charge >= 0.3 is 0 Å². The van der Waals surface area contributed by atoms with E-state index >= 15 is 0 Å². The molecule has 0 bridgehead atoms. The Balaban J connectivity index is 1.73. The summed E-state index contributed by atoms with van der Waals surface area (Å²) in [4.78, 5) is 11.9. The van der Waals surface area contributed by atoms with E-state index in [9.17, 15) is 4.79 Å². The first-order chi connectivity index (χ1) is 9.94. The molecular formula is C20H30O. The fraction of sp³-hybridized carbons (Fsp3) is 0.850. The first-order valence-corrected chi connectivity index (χ1v) is 9.19. The third kappa shape index (κ3) is 1.85. The van der Waals surface area contributed by atoms with Crippen LogP contribution in [0.25, 0.3) is 0 Å². The number of hydrogen-bond donors (Lipinski definition) is 0. The lowest BCUT2D eigenvalue weighted by atomic mass is 9.46. The van der Waals surface area contributed by atoms with Crippen molar-refractivity contribution >= 4 is 5.78 Å². The van der Waals surface area contributed by atoms with E-state index in [2.05, 4.69) is 20.8 Å². The molecule has 4 rings (SSSR count). The van der Waals surface area contributed by atoms with Crippen molar-refractivity contribution in [1.82, 2.24) is 0 Å². The van der Waals surface area contributed by atoms with E-state index in [1.807, 2.05) is 6.08 Å². The number of rotatable bonds is 0. The number of carbonyl (C=O) groups is 1. The SMILES string of the molecule is CC1C[C@@H]2[C@@H](CC[C@]3(C)CCC[C@@H]23)[C@@]2(C)CCC(=O)C=C12. The van der Waals surface area contributed by atoms with Gasteiger partial charge in [-0.3, -0.25) is 4.79 Å². The Bertz CT molecular complexity index is 504. The first-order valence-electron chi connectivity index (χ1n) is 9.19. The summed E-state index contributed by atoms with van der Waals surface area (Å²) in [5.74, 6) is 3.76. The highest BCUT2D eigenvalue weighted by Crippen LogP contribution is 2.66. The summed E-state index contributed by atoms with van der Waals surface area (Å²) in [6, 6.07) is 0. The van der Waals surface area contributed by atoms with Crippen molar-refractivity contribution in [3.8, 4) is 0 Å². The zero-order chi connectivity index (χ0) is 14.8. The predicted molar refractivity (Wildman–Crippen MR) is 85.9 cm³/mol. The summed E-state index contributed by atoms with van der Waals surface area (Å²) in [6.45, 7) is 7.46. The molecule has 116 valence electrons. The second-order valence-corrected chi connectivity index (χ2v) is 9.08. The standard InChI is InChI=1S/C20H30O/c1-13-11-15-16-5-4-8-19(16,2)9-7-17(15)20(3)10-6-14(21)12-18(13)20/h12-13,15-17H,4-11H2,1-3H3/t13?,15-,16-,17+,19-,20+/m0/s1. The largest absolute Gasteiger partial charge is 0.295 e. The van der Waals surface area contributed by atoms with Crippen LogP contribution in [-0.2, 0) is 4.79 Å². The minimum absolute atomic E-state index is 0.333. The Morgan fingerprint density at radius 3 is 2.71 bits per heavy atom. The number of carbonyl (C=O) groups excluding carboxylic acids is 1. The van der Waals surface area contributed by atoms with Crippen molar-refractivity contribution in [2.75, 3.05) is 0 Å². The molecule has 6 atom stereocenters. The first kappa shape index (κ1) is 14.0. The van der Waals surface area contributed by atoms with Crippen molar-refractivity contribution in [2.24, 2.45) is 34.5 Å². The smallest absolute Gasteiger partial charge is 0.155 e. The van der Waals surface area contributed by atoms with E-state index in [-0.39, 0.29) is 0 Å². The molecule has 0 radical (unpaired) electrons. The van der Waals surface area contributed by atoms with Crippen LogP contribution < -0.4 is 0 Å². The molecule has 3 fully saturated rings. The van der Waals surface area contributed by atoms with Crippen LogP contribution in [0, 0.1) is 34.5 Å². The van der Waals surface area contributed by atoms with Gasteiger partial charge in [0, 0.05) is 6.42 Å². The number of ketones is 1. The van der Waals surface area contributed by atoms with E-state index < -0.39 is 0 Å². The zero-order valence-electron chi connectivity index (χ0n) is 14.0. The fourth-order valence-corrected chi connectivity index (χ4v) is 6.98. The van der Waals surface area contributed by atoms with Crippen LogP contribution in [0.2, 0.25) is 0 Å². The zero-order valence-corrected chi connectivity index (χ0v) is 14.0. The van der Waals surface area contributed by atoms with Gasteiger partial charge in [0.1, 0.15) is 0 Å². The maximum atomic E-state index is 11.9. The molecule has 0 aliphatic heterocycles. The summed E-state index contributed by atoms with van der Waals surface area (Å²) in [7, 11) is 0. The van der Waals surface area contributed by atoms with E-state index in [1.165, 1.54) is 44.1 Å². The molecule has 0 N–H and O–H groups in total. The highest BCUT2D eigenvalue weighted by Gasteiger charge is 2.57. The Labute approximate surface area is 129 Å². The lowest BCUT2D eigenvalue weighted by Gasteiger charge is -2.59. The predicted octanol–water partition coefficient (Wildman–Crippen LogP) is 5.15. The van der Waals surface area contributed by atoms with Crippen molar-refractivity contribution in [1.29, 1.82) is 0 Å². The molecule has 0 amide bonds. The van der Waals surface area contributed by atoms with Crippen LogP contribution in [0.3, 0.4) is 0 Å². The van der Waals surface area contributed by atoms with Crippen LogP contribution in [0.1, 0.15) is 72.1 Å². The molecular weight excluding hydrogens is 256 g/mol. The molecule has 0 spiro atoms. The molecule has 0 aromatic heterocycles. The van der Waals surface area contributed by atoms with Gasteiger partial charge in [-0.05, 0) is 79.1 Å². The minimum Gasteiger partial charge on any atom is -0.295 e. The Hall–Kier alpha value is -0.590. The molecule has 0 aromatic rings. The average Bonchev–Trinajstić information content (AvgIpc) is 2.83. The van der Waals surface area contributed by atoms with Gasteiger partial charge < -0.3 is 0 Å². The molecule has 4 aliphatic rings. The summed E-state index contributed by atoms with van der Waals surface area (Å²) < 4.78 is 0. The van der Waals surface area contributed by atoms with Gasteiger partial charge in [0.2, 0.25) is 0 Å². The molecule has 4 aliphatic carbocycles. The van der Waals surface area contributed by atoms with Crippen molar-refractivity contribution < 1.29 is 4.79 Å². The van der Waals surface area contributed by atoms with E-state index in [0.717, 1.165) is 30.6 Å². The Kier molecular flexibility index (Phi) is 2.98. The van der Waals surface area contributed by atoms with Crippen molar-refractivity contribution in [2.45, 2.75) is 72.1 Å². The second kappa shape index (κ2) is 4.46. The number of hydrogen-bond acceptors (Lipinski definition) is 1. The van der Waals surface area contributed by atoms with Gasteiger partial charge in [-0.2, -0.15) is 0 Å². The van der Waals surface area contributed by atoms with Gasteiger partial charge in [0.05, 0.1) is 0 Å². The molecule has 0 saturated heterocycles. The van der Waals surface area contributed by atoms with Crippen LogP contribution >= 0.6 is 0 Å². The third-order valence-corrected chi connectivity index (χ3v) is 8.06. The van der Waals surface area contributed by atoms with Crippen molar-refractivity contribution in [3.05, 3.63) is 11.6 Å². The molecule has 1 nitrogen and oxygen atoms in total. The quantitative estimate of drug-likeness (QED) is 0.601. The molecule has 21 heavy (non-hydrogen) atoms. The maximum Gasteiger partial charge on any atom is 0.155 e. The molecule has 1 heteroatoms. The Morgan fingerprint density at radius 1 is 1.10 bits per heavy atom. The average molecular weight is 286 g/mol. The Morgan fingerprint density at radius 2 is 1.90 bits per heavy atom. The highest BCUT2D eigenvalue weighted by molar-refractivity contribution is 5.91. The van der Waals surface area contributed by atoms with Crippen molar-refractivity contribution in [3.63, 3.8) is 0 Å². The summed E-state index contributed by atoms with van der Waals surface area (Å²) >= 11 is 0. The van der Waals surface area contributed by atoms with E-state index in [1.54, 1.807) is 0 Å². The normalized spacial score (nSPS) is 52.7. The van der Waals surface area contributed by atoms with Gasteiger partial charge in [-0.1, -0.05) is 32.8 Å². The number of allylic oxidation sites excluding steroid dienone is 1. The molecule has 0 aromatic carbocycles. The van der Waals surface area contributed by atoms with E-state index in [4.69, 9.17) is 0 Å². The molecule has 0 heterocycles. The topological polar surface area (TPSA) is 17.1 Å². The minimum atomic E-state index is 0.333. The van der Waals surface area contributed by atoms with Crippen LogP contribution in [-0.4, -0.2) is 5.78 Å². The van der Waals surface area contributed by atoms with E-state index in [0.29, 0.717) is 22.5 Å². The van der Waals surface area contributed by atoms with Crippen LogP contribution in [0.15, 0.2) is 11.6 Å². The van der Waals surface area contributed by atoms with Gasteiger partial charge in [-0.25, -0.2) is 0 Å². The van der Waals surface area contributed by atoms with Gasteiger partial charge in [-0.15, -0.1) is 0 Å². The molecule has 1 unspecified atom stereocenters. The monoisotopic (exact) mass is 286 g/mol. The fourth-order valence-electron chi connectivity index (χ4n) is 6.98. The van der Waals surface area contributed by atoms with Gasteiger partial charge in [0.15, 0.2) is 5.78 Å². The summed E-state index contributed by atoms with van der Waals surface area (Å²) in [6.07, 6.45) is 12.5. The lowest BCUT2D eigenvalue weighted by Crippen LogP contribution is -2.51. The van der Waals surface area contributed by atoms with Gasteiger partial charge in [0.25, 0.3) is 0 Å². The number of fused-ring (bicyclic) bond motifs is 5. The summed E-state index contributed by atoms with van der Waals surface area (Å²) in [5.41, 5.74) is 2.49.